The summed E-state index contributed by atoms with van der Waals surface area (Å²) in [5, 5.41) is 15.7. The van der Waals surface area contributed by atoms with E-state index in [-0.39, 0.29) is 11.8 Å². The zero-order valence-corrected chi connectivity index (χ0v) is 14.0. The van der Waals surface area contributed by atoms with E-state index >= 15 is 0 Å². The molecule has 0 aliphatic rings. The highest BCUT2D eigenvalue weighted by Gasteiger charge is 2.16. The number of hydrogen-bond donors (Lipinski definition) is 1. The minimum Gasteiger partial charge on any atom is -0.320 e. The fraction of sp³-hybridized carbons (Fsp3) is 0.333. The summed E-state index contributed by atoms with van der Waals surface area (Å²) in [6, 6.07) is 9.80. The van der Waals surface area contributed by atoms with Crippen LogP contribution in [0.25, 0.3) is 0 Å². The molecule has 2 aromatic rings. The minimum atomic E-state index is -0.187. The van der Waals surface area contributed by atoms with Crippen LogP contribution in [0.2, 0.25) is 0 Å². The topological polar surface area (TPSA) is 78.7 Å². The van der Waals surface area contributed by atoms with Gasteiger partial charge in [-0.2, -0.15) is 5.26 Å². The van der Waals surface area contributed by atoms with Gasteiger partial charge in [0.2, 0.25) is 0 Å². The normalized spacial score (nSPS) is 11.7. The molecular formula is C15H16N4OS2. The Hall–Kier alpha value is -1.91. The number of nitrogens with one attached hydrogen (secondary N) is 1. The van der Waals surface area contributed by atoms with Crippen LogP contribution in [-0.4, -0.2) is 21.2 Å². The number of para-hydroxylation sites is 1. The molecule has 0 saturated heterocycles. The highest BCUT2D eigenvalue weighted by Crippen LogP contribution is 2.29. The second-order valence-corrected chi connectivity index (χ2v) is 6.51. The monoisotopic (exact) mass is 332 g/mol. The van der Waals surface area contributed by atoms with Crippen LogP contribution in [0, 0.1) is 17.2 Å². The van der Waals surface area contributed by atoms with Crippen LogP contribution in [0.3, 0.4) is 0 Å². The molecule has 1 aromatic heterocycles. The van der Waals surface area contributed by atoms with Crippen molar-refractivity contribution in [3.8, 4) is 6.07 Å². The van der Waals surface area contributed by atoms with Crippen molar-refractivity contribution in [2.45, 2.75) is 25.2 Å². The van der Waals surface area contributed by atoms with E-state index in [9.17, 15) is 4.79 Å². The smallest absolute Gasteiger partial charge is 0.269 e. The van der Waals surface area contributed by atoms with E-state index in [2.05, 4.69) is 21.0 Å². The van der Waals surface area contributed by atoms with Gasteiger partial charge in [0, 0.05) is 10.6 Å². The van der Waals surface area contributed by atoms with E-state index in [1.54, 1.807) is 11.8 Å². The van der Waals surface area contributed by atoms with Crippen LogP contribution in [0.1, 0.15) is 29.2 Å². The first-order valence-corrected chi connectivity index (χ1v) is 8.65. The largest absolute Gasteiger partial charge is 0.320 e. The highest BCUT2D eigenvalue weighted by molar-refractivity contribution is 7.99. The Bertz CT molecular complexity index is 693. The van der Waals surface area contributed by atoms with Gasteiger partial charge in [-0.1, -0.05) is 23.5 Å². The molecule has 0 spiro atoms. The number of rotatable bonds is 6. The number of anilines is 1. The highest BCUT2D eigenvalue weighted by atomic mass is 32.2. The van der Waals surface area contributed by atoms with Crippen molar-refractivity contribution in [3.05, 3.63) is 34.8 Å². The van der Waals surface area contributed by atoms with Crippen molar-refractivity contribution >= 4 is 34.9 Å². The molecule has 114 valence electrons. The number of nitriles is 1. The third kappa shape index (κ3) is 4.06. The summed E-state index contributed by atoms with van der Waals surface area (Å²) in [4.78, 5) is 13.9. The molecule has 1 atom stereocenters. The summed E-state index contributed by atoms with van der Waals surface area (Å²) in [5.74, 6) is 0.463. The molecule has 1 amide bonds. The summed E-state index contributed by atoms with van der Waals surface area (Å²) >= 11 is 2.67. The van der Waals surface area contributed by atoms with Gasteiger partial charge in [0.25, 0.3) is 5.91 Å². The van der Waals surface area contributed by atoms with Gasteiger partial charge >= 0.3 is 0 Å². The fourth-order valence-corrected chi connectivity index (χ4v) is 3.34. The molecule has 0 bridgehead atoms. The van der Waals surface area contributed by atoms with Crippen LogP contribution in [0.4, 0.5) is 5.69 Å². The molecule has 5 nitrogen and oxygen atoms in total. The maximum atomic E-state index is 12.4. The SMILES string of the molecule is CCc1nnsc1C(=O)Nc1ccccc1SCC(C)C#N. The lowest BCUT2D eigenvalue weighted by atomic mass is 10.2. The number of thioether (sulfide) groups is 1. The molecule has 1 heterocycles. The molecule has 7 heteroatoms. The summed E-state index contributed by atoms with van der Waals surface area (Å²) < 4.78 is 3.84. The van der Waals surface area contributed by atoms with E-state index in [0.29, 0.717) is 22.7 Å². The Balaban J connectivity index is 2.13. The maximum absolute atomic E-state index is 12.4. The van der Waals surface area contributed by atoms with Crippen LogP contribution < -0.4 is 5.32 Å². The predicted molar refractivity (Wildman–Crippen MR) is 89.2 cm³/mol. The molecule has 1 aromatic carbocycles. The molecule has 0 fully saturated rings. The number of carbonyl (C=O) groups excluding carboxylic acids is 1. The Morgan fingerprint density at radius 3 is 3.00 bits per heavy atom. The summed E-state index contributed by atoms with van der Waals surface area (Å²) in [7, 11) is 0. The molecule has 2 rings (SSSR count). The average Bonchev–Trinajstić information content (AvgIpc) is 3.02. The van der Waals surface area contributed by atoms with E-state index in [0.717, 1.165) is 22.1 Å². The van der Waals surface area contributed by atoms with Gasteiger partial charge in [0.1, 0.15) is 4.88 Å². The first kappa shape index (κ1) is 16.5. The molecule has 1 N–H and O–H groups in total. The van der Waals surface area contributed by atoms with Gasteiger partial charge in [-0.05, 0) is 37.0 Å². The zero-order chi connectivity index (χ0) is 15.9. The van der Waals surface area contributed by atoms with Gasteiger partial charge < -0.3 is 5.32 Å². The summed E-state index contributed by atoms with van der Waals surface area (Å²) in [5.41, 5.74) is 1.46. The van der Waals surface area contributed by atoms with E-state index < -0.39 is 0 Å². The van der Waals surface area contributed by atoms with Gasteiger partial charge in [-0.25, -0.2) is 0 Å². The van der Waals surface area contributed by atoms with Crippen molar-refractivity contribution in [1.82, 2.24) is 9.59 Å². The van der Waals surface area contributed by atoms with E-state index in [1.807, 2.05) is 38.1 Å². The van der Waals surface area contributed by atoms with E-state index in [1.165, 1.54) is 0 Å². The summed E-state index contributed by atoms with van der Waals surface area (Å²) in [6.45, 7) is 3.82. The lowest BCUT2D eigenvalue weighted by Crippen LogP contribution is -2.13. The average molecular weight is 332 g/mol. The third-order valence-corrected chi connectivity index (χ3v) is 5.04. The second-order valence-electron chi connectivity index (χ2n) is 4.69. The Labute approximate surface area is 137 Å². The van der Waals surface area contributed by atoms with Crippen LogP contribution in [0.15, 0.2) is 29.2 Å². The predicted octanol–water partition coefficient (Wildman–Crippen LogP) is 3.60. The van der Waals surface area contributed by atoms with Crippen molar-refractivity contribution < 1.29 is 4.79 Å². The molecule has 0 radical (unpaired) electrons. The molecule has 0 aliphatic heterocycles. The number of benzene rings is 1. The minimum absolute atomic E-state index is 0.0360. The number of nitrogens with zero attached hydrogens (tertiary/aromatic N) is 3. The van der Waals surface area contributed by atoms with Crippen LogP contribution in [-0.2, 0) is 6.42 Å². The van der Waals surface area contributed by atoms with Crippen molar-refractivity contribution in [2.75, 3.05) is 11.1 Å². The van der Waals surface area contributed by atoms with Gasteiger partial charge in [-0.15, -0.1) is 16.9 Å². The Morgan fingerprint density at radius 2 is 2.27 bits per heavy atom. The number of hydrogen-bond acceptors (Lipinski definition) is 6. The Kier molecular flexibility index (Phi) is 5.92. The fourth-order valence-electron chi connectivity index (χ4n) is 1.74. The second kappa shape index (κ2) is 7.92. The molecule has 22 heavy (non-hydrogen) atoms. The Morgan fingerprint density at radius 1 is 1.50 bits per heavy atom. The lowest BCUT2D eigenvalue weighted by Gasteiger charge is -2.10. The molecular weight excluding hydrogens is 316 g/mol. The van der Waals surface area contributed by atoms with Crippen molar-refractivity contribution in [3.63, 3.8) is 0 Å². The van der Waals surface area contributed by atoms with Gasteiger partial charge in [0.15, 0.2) is 0 Å². The number of amides is 1. The summed E-state index contributed by atoms with van der Waals surface area (Å²) in [6.07, 6.45) is 0.676. The van der Waals surface area contributed by atoms with Crippen molar-refractivity contribution in [1.29, 1.82) is 5.26 Å². The first-order chi connectivity index (χ1) is 10.7. The van der Waals surface area contributed by atoms with Gasteiger partial charge in [0.05, 0.1) is 23.4 Å². The molecule has 0 saturated carbocycles. The van der Waals surface area contributed by atoms with E-state index in [4.69, 9.17) is 5.26 Å². The quantitative estimate of drug-likeness (QED) is 0.818. The molecule has 0 aliphatic carbocycles. The lowest BCUT2D eigenvalue weighted by molar-refractivity contribution is 0.102. The first-order valence-electron chi connectivity index (χ1n) is 6.89. The van der Waals surface area contributed by atoms with Crippen LogP contribution >= 0.6 is 23.3 Å². The number of carbonyl (C=O) groups is 1. The maximum Gasteiger partial charge on any atom is 0.269 e. The third-order valence-electron chi connectivity index (χ3n) is 2.94. The standard InChI is InChI=1S/C15H16N4OS2/c1-3-11-14(22-19-18-11)15(20)17-12-6-4-5-7-13(12)21-9-10(2)8-16/h4-7,10H,3,9H2,1-2H3,(H,17,20). The number of aromatic nitrogens is 2. The van der Waals surface area contributed by atoms with Crippen LogP contribution in [0.5, 0.6) is 0 Å². The number of aryl methyl sites for hydroxylation is 1. The zero-order valence-electron chi connectivity index (χ0n) is 12.4. The van der Waals surface area contributed by atoms with Crippen molar-refractivity contribution in [2.24, 2.45) is 5.92 Å². The molecule has 1 unspecified atom stereocenters. The van der Waals surface area contributed by atoms with Gasteiger partial charge in [-0.3, -0.25) is 4.79 Å².